The molecule has 0 amide bonds. The number of halogens is 1. The van der Waals surface area contributed by atoms with Crippen LogP contribution >= 0.6 is 15.9 Å². The van der Waals surface area contributed by atoms with E-state index in [4.69, 9.17) is 5.73 Å². The summed E-state index contributed by atoms with van der Waals surface area (Å²) >= 11 is 3.61. The van der Waals surface area contributed by atoms with E-state index in [2.05, 4.69) is 71.2 Å². The molecule has 0 saturated heterocycles. The van der Waals surface area contributed by atoms with Gasteiger partial charge < -0.3 is 10.6 Å². The zero-order valence-electron chi connectivity index (χ0n) is 11.3. The molecule has 0 saturated carbocycles. The maximum atomic E-state index is 5.99. The SMILES string of the molecule is Cc1cccc(N(C)C(CN)c2ccccc2Br)c1. The van der Waals surface area contributed by atoms with Crippen LogP contribution in [0.4, 0.5) is 5.69 Å². The standard InChI is InChI=1S/C16H19BrN2/c1-12-6-5-7-13(10-12)19(2)16(11-18)14-8-3-4-9-15(14)17/h3-10,16H,11,18H2,1-2H3. The number of likely N-dealkylation sites (N-methyl/N-ethyl adjacent to an activating group) is 1. The van der Waals surface area contributed by atoms with Crippen molar-refractivity contribution in [3.05, 3.63) is 64.1 Å². The Labute approximate surface area is 123 Å². The first-order chi connectivity index (χ1) is 9.13. The summed E-state index contributed by atoms with van der Waals surface area (Å²) in [5, 5.41) is 0. The minimum Gasteiger partial charge on any atom is -0.366 e. The van der Waals surface area contributed by atoms with E-state index in [1.165, 1.54) is 16.8 Å². The van der Waals surface area contributed by atoms with E-state index in [1.807, 2.05) is 12.1 Å². The Morgan fingerprint density at radius 1 is 1.16 bits per heavy atom. The molecule has 2 N–H and O–H groups in total. The van der Waals surface area contributed by atoms with Crippen molar-refractivity contribution in [2.45, 2.75) is 13.0 Å². The van der Waals surface area contributed by atoms with Crippen molar-refractivity contribution in [1.82, 2.24) is 0 Å². The van der Waals surface area contributed by atoms with Gasteiger partial charge in [-0.3, -0.25) is 0 Å². The van der Waals surface area contributed by atoms with Gasteiger partial charge >= 0.3 is 0 Å². The number of hydrogen-bond acceptors (Lipinski definition) is 2. The van der Waals surface area contributed by atoms with Crippen molar-refractivity contribution in [2.75, 3.05) is 18.5 Å². The van der Waals surface area contributed by atoms with Crippen molar-refractivity contribution in [1.29, 1.82) is 0 Å². The van der Waals surface area contributed by atoms with E-state index in [0.717, 1.165) is 4.47 Å². The molecule has 3 heteroatoms. The zero-order valence-corrected chi connectivity index (χ0v) is 12.9. The van der Waals surface area contributed by atoms with Gasteiger partial charge in [0.2, 0.25) is 0 Å². The predicted octanol–water partition coefficient (Wildman–Crippen LogP) is 3.89. The van der Waals surface area contributed by atoms with Gasteiger partial charge in [0, 0.05) is 23.8 Å². The maximum Gasteiger partial charge on any atom is 0.0672 e. The predicted molar refractivity (Wildman–Crippen MR) is 85.5 cm³/mol. The molecule has 0 aliphatic rings. The Kier molecular flexibility index (Phi) is 4.61. The summed E-state index contributed by atoms with van der Waals surface area (Å²) in [5.41, 5.74) is 9.65. The summed E-state index contributed by atoms with van der Waals surface area (Å²) in [5.74, 6) is 0. The molecular formula is C16H19BrN2. The molecule has 100 valence electrons. The fourth-order valence-electron chi connectivity index (χ4n) is 2.27. The number of aryl methyl sites for hydroxylation is 1. The summed E-state index contributed by atoms with van der Waals surface area (Å²) in [7, 11) is 2.09. The Morgan fingerprint density at radius 3 is 2.53 bits per heavy atom. The Morgan fingerprint density at radius 2 is 1.89 bits per heavy atom. The first-order valence-electron chi connectivity index (χ1n) is 6.37. The van der Waals surface area contributed by atoms with Crippen LogP contribution in [-0.4, -0.2) is 13.6 Å². The molecule has 0 fully saturated rings. The fourth-order valence-corrected chi connectivity index (χ4v) is 2.82. The first-order valence-corrected chi connectivity index (χ1v) is 7.16. The minimum atomic E-state index is 0.164. The number of anilines is 1. The monoisotopic (exact) mass is 318 g/mol. The molecule has 0 radical (unpaired) electrons. The molecule has 2 rings (SSSR count). The lowest BCUT2D eigenvalue weighted by atomic mass is 10.0. The highest BCUT2D eigenvalue weighted by Crippen LogP contribution is 2.30. The third-order valence-corrected chi connectivity index (χ3v) is 4.09. The van der Waals surface area contributed by atoms with Gasteiger partial charge in [-0.15, -0.1) is 0 Å². The average Bonchev–Trinajstić information content (AvgIpc) is 2.41. The topological polar surface area (TPSA) is 29.3 Å². The molecule has 0 spiro atoms. The van der Waals surface area contributed by atoms with Crippen molar-refractivity contribution in [2.24, 2.45) is 5.73 Å². The van der Waals surface area contributed by atoms with Crippen LogP contribution in [0, 0.1) is 6.92 Å². The Hall–Kier alpha value is -1.32. The van der Waals surface area contributed by atoms with Crippen molar-refractivity contribution in [3.8, 4) is 0 Å². The summed E-state index contributed by atoms with van der Waals surface area (Å²) < 4.78 is 1.10. The van der Waals surface area contributed by atoms with Gasteiger partial charge in [-0.1, -0.05) is 46.3 Å². The lowest BCUT2D eigenvalue weighted by molar-refractivity contribution is 0.678. The van der Waals surface area contributed by atoms with E-state index in [0.29, 0.717) is 6.54 Å². The second-order valence-electron chi connectivity index (χ2n) is 4.72. The fraction of sp³-hybridized carbons (Fsp3) is 0.250. The van der Waals surface area contributed by atoms with Gasteiger partial charge in [0.05, 0.1) is 6.04 Å². The molecule has 0 heterocycles. The second kappa shape index (κ2) is 6.22. The molecule has 0 aromatic heterocycles. The normalized spacial score (nSPS) is 12.2. The minimum absolute atomic E-state index is 0.164. The molecule has 1 atom stereocenters. The van der Waals surface area contributed by atoms with Gasteiger partial charge in [-0.2, -0.15) is 0 Å². The Bertz CT molecular complexity index is 554. The van der Waals surface area contributed by atoms with Crippen molar-refractivity contribution >= 4 is 21.6 Å². The van der Waals surface area contributed by atoms with Gasteiger partial charge in [0.1, 0.15) is 0 Å². The largest absolute Gasteiger partial charge is 0.366 e. The third-order valence-electron chi connectivity index (χ3n) is 3.36. The molecule has 0 aliphatic heterocycles. The van der Waals surface area contributed by atoms with Crippen LogP contribution in [0.5, 0.6) is 0 Å². The van der Waals surface area contributed by atoms with E-state index < -0.39 is 0 Å². The molecule has 19 heavy (non-hydrogen) atoms. The maximum absolute atomic E-state index is 5.99. The highest BCUT2D eigenvalue weighted by molar-refractivity contribution is 9.10. The van der Waals surface area contributed by atoms with Crippen LogP contribution in [-0.2, 0) is 0 Å². The van der Waals surface area contributed by atoms with Crippen LogP contribution in [0.3, 0.4) is 0 Å². The van der Waals surface area contributed by atoms with E-state index in [1.54, 1.807) is 0 Å². The van der Waals surface area contributed by atoms with E-state index in [-0.39, 0.29) is 6.04 Å². The summed E-state index contributed by atoms with van der Waals surface area (Å²) in [4.78, 5) is 2.23. The zero-order chi connectivity index (χ0) is 13.8. The van der Waals surface area contributed by atoms with Crippen LogP contribution < -0.4 is 10.6 Å². The van der Waals surface area contributed by atoms with E-state index >= 15 is 0 Å². The number of rotatable bonds is 4. The number of nitrogens with zero attached hydrogens (tertiary/aromatic N) is 1. The third kappa shape index (κ3) is 3.17. The summed E-state index contributed by atoms with van der Waals surface area (Å²) in [6.07, 6.45) is 0. The molecule has 0 bridgehead atoms. The lowest BCUT2D eigenvalue weighted by Gasteiger charge is -2.30. The van der Waals surface area contributed by atoms with Gasteiger partial charge in [-0.25, -0.2) is 0 Å². The second-order valence-corrected chi connectivity index (χ2v) is 5.58. The molecule has 2 nitrogen and oxygen atoms in total. The number of nitrogens with two attached hydrogens (primary N) is 1. The molecular weight excluding hydrogens is 300 g/mol. The van der Waals surface area contributed by atoms with Gasteiger partial charge in [0.25, 0.3) is 0 Å². The smallest absolute Gasteiger partial charge is 0.0672 e. The molecule has 2 aromatic carbocycles. The first kappa shape index (κ1) is 14.1. The van der Waals surface area contributed by atoms with Crippen molar-refractivity contribution in [3.63, 3.8) is 0 Å². The van der Waals surface area contributed by atoms with E-state index in [9.17, 15) is 0 Å². The number of benzene rings is 2. The van der Waals surface area contributed by atoms with Crippen molar-refractivity contribution < 1.29 is 0 Å². The van der Waals surface area contributed by atoms with Crippen LogP contribution in [0.25, 0.3) is 0 Å². The summed E-state index contributed by atoms with van der Waals surface area (Å²) in [6, 6.07) is 16.9. The Balaban J connectivity index is 2.35. The number of hydrogen-bond donors (Lipinski definition) is 1. The van der Waals surface area contributed by atoms with Crippen LogP contribution in [0.2, 0.25) is 0 Å². The summed E-state index contributed by atoms with van der Waals surface area (Å²) in [6.45, 7) is 2.68. The average molecular weight is 319 g/mol. The lowest BCUT2D eigenvalue weighted by Crippen LogP contribution is -2.30. The highest BCUT2D eigenvalue weighted by Gasteiger charge is 2.18. The molecule has 2 aromatic rings. The van der Waals surface area contributed by atoms with Crippen LogP contribution in [0.1, 0.15) is 17.2 Å². The van der Waals surface area contributed by atoms with Gasteiger partial charge in [-0.05, 0) is 36.2 Å². The molecule has 0 aliphatic carbocycles. The highest BCUT2D eigenvalue weighted by atomic mass is 79.9. The quantitative estimate of drug-likeness (QED) is 0.926. The van der Waals surface area contributed by atoms with Gasteiger partial charge in [0.15, 0.2) is 0 Å². The van der Waals surface area contributed by atoms with Crippen LogP contribution in [0.15, 0.2) is 53.0 Å². The molecule has 1 unspecified atom stereocenters.